The maximum atomic E-state index is 12.5. The van der Waals surface area contributed by atoms with Crippen molar-refractivity contribution in [1.29, 1.82) is 0 Å². The highest BCUT2D eigenvalue weighted by atomic mass is 32.2. The van der Waals surface area contributed by atoms with E-state index in [1.807, 2.05) is 0 Å². The van der Waals surface area contributed by atoms with Crippen LogP contribution in [-0.4, -0.2) is 49.3 Å². The highest BCUT2D eigenvalue weighted by Gasteiger charge is 2.14. The number of carbonyl (C=O) groups excluding carboxylic acids is 2. The molecule has 4 rings (SSSR count). The molecule has 0 radical (unpaired) electrons. The number of benzene rings is 2. The molecule has 2 aromatic heterocycles. The molecule has 0 fully saturated rings. The van der Waals surface area contributed by atoms with Crippen molar-refractivity contribution in [3.8, 4) is 5.75 Å². The molecular weight excluding hydrogens is 529 g/mol. The maximum Gasteiger partial charge on any atom is 0.234 e. The Hall–Kier alpha value is -3.00. The van der Waals surface area contributed by atoms with Crippen LogP contribution in [0.5, 0.6) is 5.75 Å². The second-order valence-corrected chi connectivity index (χ2v) is 12.4. The molecule has 35 heavy (non-hydrogen) atoms. The number of anilines is 2. The predicted molar refractivity (Wildman–Crippen MR) is 140 cm³/mol. The van der Waals surface area contributed by atoms with E-state index in [9.17, 15) is 18.0 Å². The van der Waals surface area contributed by atoms with Gasteiger partial charge in [0.15, 0.2) is 19.3 Å². The molecule has 0 aliphatic carbocycles. The van der Waals surface area contributed by atoms with Crippen molar-refractivity contribution in [1.82, 2.24) is 9.97 Å². The first-order valence-electron chi connectivity index (χ1n) is 10.1. The lowest BCUT2D eigenvalue weighted by atomic mass is 10.3. The molecule has 0 saturated heterocycles. The molecule has 0 bridgehead atoms. The predicted octanol–water partition coefficient (Wildman–Crippen LogP) is 4.08. The van der Waals surface area contributed by atoms with Gasteiger partial charge in [0, 0.05) is 23.4 Å². The first-order chi connectivity index (χ1) is 16.7. The molecule has 0 spiro atoms. The molecule has 2 aromatic carbocycles. The molecule has 0 aliphatic heterocycles. The number of fused-ring (bicyclic) bond motifs is 1. The zero-order valence-electron chi connectivity index (χ0n) is 18.6. The summed E-state index contributed by atoms with van der Waals surface area (Å²) in [7, 11) is -1.76. The Labute approximate surface area is 213 Å². The Balaban J connectivity index is 1.29. The fourth-order valence-corrected chi connectivity index (χ4v) is 6.27. The lowest BCUT2D eigenvalue weighted by Crippen LogP contribution is -2.14. The Morgan fingerprint density at radius 3 is 2.69 bits per heavy atom. The number of thiazole rings is 2. The SMILES string of the molecule is COc1cccc(NC(=O)CSc2nc(CC(=O)Nc3nc4ccc(S(C)(=O)=O)cc4s3)cs2)c1. The van der Waals surface area contributed by atoms with Crippen LogP contribution in [0.25, 0.3) is 10.2 Å². The van der Waals surface area contributed by atoms with Gasteiger partial charge in [-0.1, -0.05) is 29.2 Å². The minimum absolute atomic E-state index is 0.0532. The molecule has 4 aromatic rings. The lowest BCUT2D eigenvalue weighted by Gasteiger charge is -2.06. The Morgan fingerprint density at radius 1 is 1.09 bits per heavy atom. The van der Waals surface area contributed by atoms with Crippen LogP contribution in [0.2, 0.25) is 0 Å². The Kier molecular flexibility index (Phi) is 7.69. The second kappa shape index (κ2) is 10.7. The van der Waals surface area contributed by atoms with E-state index in [1.54, 1.807) is 48.9 Å². The number of amides is 2. The maximum absolute atomic E-state index is 12.5. The summed E-state index contributed by atoms with van der Waals surface area (Å²) < 4.78 is 30.0. The molecule has 2 amide bonds. The van der Waals surface area contributed by atoms with Gasteiger partial charge in [-0.15, -0.1) is 11.3 Å². The number of carbonyl (C=O) groups is 2. The van der Waals surface area contributed by atoms with E-state index in [2.05, 4.69) is 20.6 Å². The third-order valence-corrected chi connectivity index (χ3v) is 8.70. The van der Waals surface area contributed by atoms with Gasteiger partial charge in [-0.05, 0) is 30.3 Å². The average molecular weight is 549 g/mol. The van der Waals surface area contributed by atoms with Crippen LogP contribution in [0.3, 0.4) is 0 Å². The van der Waals surface area contributed by atoms with E-state index >= 15 is 0 Å². The summed E-state index contributed by atoms with van der Waals surface area (Å²) in [6.45, 7) is 0. The number of rotatable bonds is 9. The van der Waals surface area contributed by atoms with E-state index in [0.29, 0.717) is 36.8 Å². The van der Waals surface area contributed by atoms with Crippen molar-refractivity contribution in [2.75, 3.05) is 29.8 Å². The fourth-order valence-electron chi connectivity index (χ4n) is 2.98. The van der Waals surface area contributed by atoms with E-state index in [1.165, 1.54) is 40.5 Å². The number of hydrogen-bond acceptors (Lipinski definition) is 10. The molecule has 2 heterocycles. The number of nitrogens with zero attached hydrogens (tertiary/aromatic N) is 2. The van der Waals surface area contributed by atoms with Crippen LogP contribution in [0.4, 0.5) is 10.8 Å². The number of ether oxygens (including phenoxy) is 1. The van der Waals surface area contributed by atoms with Gasteiger partial charge in [-0.25, -0.2) is 18.4 Å². The number of sulfone groups is 1. The molecule has 0 unspecified atom stereocenters. The molecule has 2 N–H and O–H groups in total. The van der Waals surface area contributed by atoms with Crippen molar-refractivity contribution in [3.63, 3.8) is 0 Å². The van der Waals surface area contributed by atoms with Crippen molar-refractivity contribution in [3.05, 3.63) is 53.5 Å². The van der Waals surface area contributed by atoms with Gasteiger partial charge in [0.2, 0.25) is 11.8 Å². The highest BCUT2D eigenvalue weighted by molar-refractivity contribution is 8.01. The summed E-state index contributed by atoms with van der Waals surface area (Å²) in [6.07, 6.45) is 1.20. The van der Waals surface area contributed by atoms with Crippen molar-refractivity contribution in [2.45, 2.75) is 15.7 Å². The van der Waals surface area contributed by atoms with Crippen molar-refractivity contribution >= 4 is 77.1 Å². The van der Waals surface area contributed by atoms with Crippen molar-refractivity contribution in [2.24, 2.45) is 0 Å². The van der Waals surface area contributed by atoms with Gasteiger partial charge in [0.25, 0.3) is 0 Å². The molecule has 182 valence electrons. The van der Waals surface area contributed by atoms with Gasteiger partial charge < -0.3 is 15.4 Å². The van der Waals surface area contributed by atoms with Crippen molar-refractivity contribution < 1.29 is 22.7 Å². The summed E-state index contributed by atoms with van der Waals surface area (Å²) in [5.41, 5.74) is 1.84. The third-order valence-electron chi connectivity index (χ3n) is 4.59. The summed E-state index contributed by atoms with van der Waals surface area (Å²) in [6, 6.07) is 11.8. The van der Waals surface area contributed by atoms with Gasteiger partial charge in [-0.2, -0.15) is 0 Å². The number of methoxy groups -OCH3 is 1. The van der Waals surface area contributed by atoms with Gasteiger partial charge in [0.1, 0.15) is 5.75 Å². The molecule has 0 saturated carbocycles. The highest BCUT2D eigenvalue weighted by Crippen LogP contribution is 2.29. The first-order valence-corrected chi connectivity index (χ1v) is 14.7. The minimum Gasteiger partial charge on any atom is -0.497 e. The van der Waals surface area contributed by atoms with E-state index in [0.717, 1.165) is 6.26 Å². The molecule has 13 heteroatoms. The smallest absolute Gasteiger partial charge is 0.234 e. The number of thioether (sulfide) groups is 1. The summed E-state index contributed by atoms with van der Waals surface area (Å²) >= 11 is 3.85. The van der Waals surface area contributed by atoms with Gasteiger partial charge in [0.05, 0.1) is 40.1 Å². The zero-order chi connectivity index (χ0) is 25.0. The lowest BCUT2D eigenvalue weighted by molar-refractivity contribution is -0.116. The van der Waals surface area contributed by atoms with Crippen LogP contribution >= 0.6 is 34.4 Å². The van der Waals surface area contributed by atoms with E-state index in [4.69, 9.17) is 4.74 Å². The second-order valence-electron chi connectivity index (χ2n) is 7.32. The molecule has 0 atom stereocenters. The standard InChI is InChI=1S/C22H20N4O5S4/c1-31-15-5-3-4-13(8-15)23-20(28)12-33-22-24-14(11-32-22)9-19(27)26-21-25-17-7-6-16(35(2,29)30)10-18(17)34-21/h3-8,10-11H,9,12H2,1-2H3,(H,23,28)(H,25,26,27). The van der Waals surface area contributed by atoms with Crippen LogP contribution in [0, 0.1) is 0 Å². The minimum atomic E-state index is -3.32. The molecule has 9 nitrogen and oxygen atoms in total. The number of nitrogens with one attached hydrogen (secondary N) is 2. The first kappa shape index (κ1) is 25.1. The number of hydrogen-bond donors (Lipinski definition) is 2. The van der Waals surface area contributed by atoms with Gasteiger partial charge >= 0.3 is 0 Å². The topological polar surface area (TPSA) is 127 Å². The van der Waals surface area contributed by atoms with Crippen LogP contribution in [-0.2, 0) is 25.8 Å². The van der Waals surface area contributed by atoms with Crippen LogP contribution < -0.4 is 15.4 Å². The summed E-state index contributed by atoms with van der Waals surface area (Å²) in [5.74, 6) is 0.373. The summed E-state index contributed by atoms with van der Waals surface area (Å²) in [4.78, 5) is 33.6. The summed E-state index contributed by atoms with van der Waals surface area (Å²) in [5, 5.41) is 7.71. The largest absolute Gasteiger partial charge is 0.497 e. The third kappa shape index (κ3) is 6.78. The van der Waals surface area contributed by atoms with E-state index in [-0.39, 0.29) is 28.9 Å². The fraction of sp³-hybridized carbons (Fsp3) is 0.182. The molecular formula is C22H20N4O5S4. The van der Waals surface area contributed by atoms with Gasteiger partial charge in [-0.3, -0.25) is 9.59 Å². The zero-order valence-corrected chi connectivity index (χ0v) is 21.9. The quantitative estimate of drug-likeness (QED) is 0.300. The van der Waals surface area contributed by atoms with Crippen LogP contribution in [0.1, 0.15) is 5.69 Å². The molecule has 0 aliphatic rings. The Bertz CT molecular complexity index is 1500. The van der Waals surface area contributed by atoms with Crippen LogP contribution in [0.15, 0.2) is 57.1 Å². The normalized spacial score (nSPS) is 11.4. The Morgan fingerprint density at radius 2 is 1.91 bits per heavy atom. The average Bonchev–Trinajstić information content (AvgIpc) is 3.42. The van der Waals surface area contributed by atoms with E-state index < -0.39 is 9.84 Å². The number of aromatic nitrogens is 2. The monoisotopic (exact) mass is 548 g/mol.